The highest BCUT2D eigenvalue weighted by Crippen LogP contribution is 2.34. The van der Waals surface area contributed by atoms with Crippen LogP contribution in [0.15, 0.2) is 4.42 Å². The van der Waals surface area contributed by atoms with E-state index >= 15 is 0 Å². The van der Waals surface area contributed by atoms with E-state index in [1.54, 1.807) is 0 Å². The van der Waals surface area contributed by atoms with Gasteiger partial charge in [0.2, 0.25) is 5.89 Å². The zero-order valence-electron chi connectivity index (χ0n) is 9.78. The van der Waals surface area contributed by atoms with Crippen LogP contribution >= 0.6 is 0 Å². The first kappa shape index (κ1) is 11.4. The second-order valence-electron chi connectivity index (χ2n) is 4.47. The molecule has 0 bridgehead atoms. The molecule has 1 aromatic heterocycles. The van der Waals surface area contributed by atoms with E-state index in [1.165, 1.54) is 19.3 Å². The van der Waals surface area contributed by atoms with Crippen LogP contribution in [0.25, 0.3) is 0 Å². The Bertz CT molecular complexity index is 322. The summed E-state index contributed by atoms with van der Waals surface area (Å²) in [5.74, 6) is 1.52. The molecular weight excluding hydrogens is 204 g/mol. The Kier molecular flexibility index (Phi) is 3.77. The molecular formula is C11H20N4O. The highest BCUT2D eigenvalue weighted by Gasteiger charge is 2.25. The van der Waals surface area contributed by atoms with Crippen molar-refractivity contribution in [1.82, 2.24) is 10.2 Å². The van der Waals surface area contributed by atoms with E-state index in [2.05, 4.69) is 22.4 Å². The van der Waals surface area contributed by atoms with Crippen molar-refractivity contribution in [1.29, 1.82) is 0 Å². The van der Waals surface area contributed by atoms with Gasteiger partial charge in [-0.15, -0.1) is 5.10 Å². The molecule has 1 aliphatic rings. The van der Waals surface area contributed by atoms with Crippen molar-refractivity contribution in [2.24, 2.45) is 11.7 Å². The molecule has 0 amide bonds. The third-order valence-electron chi connectivity index (χ3n) is 2.96. The molecule has 1 aromatic rings. The Morgan fingerprint density at radius 2 is 2.31 bits per heavy atom. The van der Waals surface area contributed by atoms with Gasteiger partial charge in [0.25, 0.3) is 0 Å². The maximum absolute atomic E-state index is 5.45. The van der Waals surface area contributed by atoms with Crippen LogP contribution in [-0.2, 0) is 6.42 Å². The molecule has 5 nitrogen and oxygen atoms in total. The number of nitrogens with zero attached hydrogens (tertiary/aromatic N) is 2. The number of nitrogens with two attached hydrogens (primary N) is 1. The van der Waals surface area contributed by atoms with Crippen LogP contribution in [-0.4, -0.2) is 22.8 Å². The fourth-order valence-corrected chi connectivity index (χ4v) is 1.79. The van der Waals surface area contributed by atoms with Gasteiger partial charge in [0.1, 0.15) is 0 Å². The molecule has 0 aromatic carbocycles. The molecule has 1 unspecified atom stereocenters. The van der Waals surface area contributed by atoms with E-state index in [0.717, 1.165) is 12.3 Å². The largest absolute Gasteiger partial charge is 0.408 e. The zero-order valence-corrected chi connectivity index (χ0v) is 9.78. The van der Waals surface area contributed by atoms with Gasteiger partial charge in [-0.05, 0) is 18.8 Å². The van der Waals surface area contributed by atoms with Gasteiger partial charge >= 0.3 is 6.01 Å². The van der Waals surface area contributed by atoms with Crippen molar-refractivity contribution in [2.45, 2.75) is 45.1 Å². The summed E-state index contributed by atoms with van der Waals surface area (Å²) in [6.07, 6.45) is 5.70. The standard InChI is InChI=1S/C11H20N4O/c1-2-9(7-8-3-4-8)13-11-15-14-10(16-11)5-6-12/h8-9H,2-7,12H2,1H3,(H,13,15). The Balaban J connectivity index is 1.84. The summed E-state index contributed by atoms with van der Waals surface area (Å²) in [5, 5.41) is 11.2. The fourth-order valence-electron chi connectivity index (χ4n) is 1.79. The summed E-state index contributed by atoms with van der Waals surface area (Å²) in [4.78, 5) is 0. The van der Waals surface area contributed by atoms with Crippen LogP contribution < -0.4 is 11.1 Å². The summed E-state index contributed by atoms with van der Waals surface area (Å²) >= 11 is 0. The van der Waals surface area contributed by atoms with E-state index in [0.29, 0.717) is 30.9 Å². The van der Waals surface area contributed by atoms with Crippen LogP contribution in [0.3, 0.4) is 0 Å². The third kappa shape index (κ3) is 3.20. The number of anilines is 1. The molecule has 1 heterocycles. The monoisotopic (exact) mass is 224 g/mol. The molecule has 0 spiro atoms. The van der Waals surface area contributed by atoms with Crippen LogP contribution in [0.4, 0.5) is 6.01 Å². The van der Waals surface area contributed by atoms with Crippen molar-refractivity contribution in [2.75, 3.05) is 11.9 Å². The third-order valence-corrected chi connectivity index (χ3v) is 2.96. The average Bonchev–Trinajstić information content (AvgIpc) is 2.99. The minimum Gasteiger partial charge on any atom is -0.408 e. The van der Waals surface area contributed by atoms with Crippen molar-refractivity contribution in [3.63, 3.8) is 0 Å². The highest BCUT2D eigenvalue weighted by molar-refractivity contribution is 5.19. The Hall–Kier alpha value is -1.10. The van der Waals surface area contributed by atoms with Gasteiger partial charge in [-0.3, -0.25) is 0 Å². The van der Waals surface area contributed by atoms with Crippen molar-refractivity contribution in [3.8, 4) is 0 Å². The van der Waals surface area contributed by atoms with Gasteiger partial charge < -0.3 is 15.5 Å². The molecule has 16 heavy (non-hydrogen) atoms. The molecule has 0 aliphatic heterocycles. The lowest BCUT2D eigenvalue weighted by Gasteiger charge is -2.14. The van der Waals surface area contributed by atoms with Gasteiger partial charge in [-0.2, -0.15) is 0 Å². The molecule has 3 N–H and O–H groups in total. The van der Waals surface area contributed by atoms with Gasteiger partial charge in [-0.25, -0.2) is 0 Å². The molecule has 1 aliphatic carbocycles. The lowest BCUT2D eigenvalue weighted by Crippen LogP contribution is -2.19. The van der Waals surface area contributed by atoms with E-state index in [4.69, 9.17) is 10.2 Å². The summed E-state index contributed by atoms with van der Waals surface area (Å²) in [6.45, 7) is 2.72. The van der Waals surface area contributed by atoms with Gasteiger partial charge in [0.05, 0.1) is 0 Å². The Morgan fingerprint density at radius 1 is 1.50 bits per heavy atom. The summed E-state index contributed by atoms with van der Waals surface area (Å²) in [5.41, 5.74) is 5.42. The average molecular weight is 224 g/mol. The van der Waals surface area contributed by atoms with Gasteiger partial charge in [-0.1, -0.05) is 24.9 Å². The molecule has 0 radical (unpaired) electrons. The maximum Gasteiger partial charge on any atom is 0.315 e. The van der Waals surface area contributed by atoms with E-state index < -0.39 is 0 Å². The Morgan fingerprint density at radius 3 is 2.94 bits per heavy atom. The maximum atomic E-state index is 5.45. The number of hydrogen-bond donors (Lipinski definition) is 2. The molecule has 2 rings (SSSR count). The summed E-state index contributed by atoms with van der Waals surface area (Å²) in [6, 6.07) is 0.995. The van der Waals surface area contributed by atoms with E-state index in [-0.39, 0.29) is 0 Å². The number of hydrogen-bond acceptors (Lipinski definition) is 5. The first-order valence-corrected chi connectivity index (χ1v) is 6.10. The quantitative estimate of drug-likeness (QED) is 0.735. The fraction of sp³-hybridized carbons (Fsp3) is 0.818. The van der Waals surface area contributed by atoms with Crippen molar-refractivity contribution >= 4 is 6.01 Å². The van der Waals surface area contributed by atoms with Crippen molar-refractivity contribution in [3.05, 3.63) is 5.89 Å². The second-order valence-corrected chi connectivity index (χ2v) is 4.47. The molecule has 90 valence electrons. The predicted octanol–water partition coefficient (Wildman–Crippen LogP) is 1.56. The summed E-state index contributed by atoms with van der Waals surface area (Å²) in [7, 11) is 0. The SMILES string of the molecule is CCC(CC1CC1)Nc1nnc(CCN)o1. The zero-order chi connectivity index (χ0) is 11.4. The molecule has 0 saturated heterocycles. The lowest BCUT2D eigenvalue weighted by atomic mass is 10.1. The van der Waals surface area contributed by atoms with Crippen LogP contribution in [0.2, 0.25) is 0 Å². The number of rotatable bonds is 7. The van der Waals surface area contributed by atoms with E-state index in [9.17, 15) is 0 Å². The number of aromatic nitrogens is 2. The molecule has 1 atom stereocenters. The second kappa shape index (κ2) is 5.30. The minimum atomic E-state index is 0.457. The lowest BCUT2D eigenvalue weighted by molar-refractivity contribution is 0.488. The molecule has 5 heteroatoms. The van der Waals surface area contributed by atoms with Crippen LogP contribution in [0, 0.1) is 5.92 Å². The Labute approximate surface area is 95.8 Å². The van der Waals surface area contributed by atoms with Gasteiger partial charge in [0, 0.05) is 19.0 Å². The van der Waals surface area contributed by atoms with Crippen LogP contribution in [0.1, 0.15) is 38.5 Å². The molecule has 1 fully saturated rings. The van der Waals surface area contributed by atoms with Crippen molar-refractivity contribution < 1.29 is 4.42 Å². The first-order valence-electron chi connectivity index (χ1n) is 6.10. The van der Waals surface area contributed by atoms with Crippen LogP contribution in [0.5, 0.6) is 0 Å². The molecule has 1 saturated carbocycles. The normalized spacial score (nSPS) is 17.4. The first-order chi connectivity index (χ1) is 7.81. The minimum absolute atomic E-state index is 0.457. The van der Waals surface area contributed by atoms with Gasteiger partial charge in [0.15, 0.2) is 0 Å². The van der Waals surface area contributed by atoms with E-state index in [1.807, 2.05) is 0 Å². The number of nitrogens with one attached hydrogen (secondary N) is 1. The summed E-state index contributed by atoms with van der Waals surface area (Å²) < 4.78 is 5.45. The topological polar surface area (TPSA) is 77.0 Å². The smallest absolute Gasteiger partial charge is 0.315 e. The highest BCUT2D eigenvalue weighted by atomic mass is 16.4. The predicted molar refractivity (Wildman–Crippen MR) is 62.1 cm³/mol.